The largest absolute Gasteiger partial charge is 0.471 e. The molecular formula is C27H32ClFN6O4. The molecule has 1 unspecified atom stereocenters. The highest BCUT2D eigenvalue weighted by molar-refractivity contribution is 6.30. The zero-order valence-corrected chi connectivity index (χ0v) is 22.8. The monoisotopic (exact) mass is 558 g/mol. The van der Waals surface area contributed by atoms with Crippen LogP contribution in [0.1, 0.15) is 40.0 Å². The van der Waals surface area contributed by atoms with Gasteiger partial charge in [0.1, 0.15) is 18.3 Å². The fourth-order valence-corrected chi connectivity index (χ4v) is 7.64. The van der Waals surface area contributed by atoms with Crippen LogP contribution in [0.25, 0.3) is 0 Å². The van der Waals surface area contributed by atoms with Crippen molar-refractivity contribution in [3.63, 3.8) is 0 Å². The number of likely N-dealkylation sites (tertiary alicyclic amines) is 2. The first-order chi connectivity index (χ1) is 18.3. The van der Waals surface area contributed by atoms with Crippen molar-refractivity contribution in [1.82, 2.24) is 14.8 Å². The lowest BCUT2D eigenvalue weighted by atomic mass is 9.77. The van der Waals surface area contributed by atoms with Crippen molar-refractivity contribution >= 4 is 35.1 Å². The number of rotatable bonds is 2. The van der Waals surface area contributed by atoms with E-state index in [1.807, 2.05) is 20.8 Å². The number of nitrogens with two attached hydrogens (primary N) is 1. The average molecular weight is 559 g/mol. The molecule has 6 rings (SSSR count). The van der Waals surface area contributed by atoms with Crippen molar-refractivity contribution in [1.29, 1.82) is 5.26 Å². The van der Waals surface area contributed by atoms with Crippen LogP contribution in [0.5, 0.6) is 5.75 Å². The molecule has 0 radical (unpaired) electrons. The first-order valence-electron chi connectivity index (χ1n) is 13.4. The van der Waals surface area contributed by atoms with E-state index in [1.165, 1.54) is 22.1 Å². The van der Waals surface area contributed by atoms with Crippen LogP contribution in [0.2, 0.25) is 5.02 Å². The Bertz CT molecular complexity index is 1300. The molecule has 2 bridgehead atoms. The van der Waals surface area contributed by atoms with Gasteiger partial charge in [0.15, 0.2) is 11.6 Å². The van der Waals surface area contributed by atoms with Crippen molar-refractivity contribution in [2.24, 2.45) is 34.8 Å². The molecule has 3 amide bonds. The summed E-state index contributed by atoms with van der Waals surface area (Å²) in [5, 5.41) is 13.1. The van der Waals surface area contributed by atoms with Gasteiger partial charge in [-0.3, -0.25) is 14.4 Å². The highest BCUT2D eigenvalue weighted by Crippen LogP contribution is 2.59. The molecule has 1 aromatic rings. The van der Waals surface area contributed by atoms with Gasteiger partial charge in [-0.1, -0.05) is 32.4 Å². The molecule has 4 heterocycles. The van der Waals surface area contributed by atoms with Gasteiger partial charge in [0.2, 0.25) is 17.4 Å². The van der Waals surface area contributed by atoms with Crippen LogP contribution in [0.15, 0.2) is 12.3 Å². The quantitative estimate of drug-likeness (QED) is 0.566. The lowest BCUT2D eigenvalue weighted by molar-refractivity contribution is -0.148. The minimum absolute atomic E-state index is 0.00140. The van der Waals surface area contributed by atoms with Gasteiger partial charge in [0.05, 0.1) is 23.7 Å². The van der Waals surface area contributed by atoms with Crippen LogP contribution < -0.4 is 15.8 Å². The summed E-state index contributed by atoms with van der Waals surface area (Å²) in [5.74, 6) is -1.47. The van der Waals surface area contributed by atoms with E-state index in [9.17, 15) is 19.6 Å². The molecule has 3 N–H and O–H groups in total. The lowest BCUT2D eigenvalue weighted by Crippen LogP contribution is -2.58. The van der Waals surface area contributed by atoms with Crippen molar-refractivity contribution in [2.75, 3.05) is 18.4 Å². The van der Waals surface area contributed by atoms with E-state index in [4.69, 9.17) is 22.1 Å². The maximum Gasteiger partial charge on any atom is 0.271 e. The summed E-state index contributed by atoms with van der Waals surface area (Å²) in [6.45, 7) is 5.72. The molecular weight excluding hydrogens is 527 g/mol. The maximum absolute atomic E-state index is 15.0. The number of nitriles is 1. The maximum atomic E-state index is 15.0. The summed E-state index contributed by atoms with van der Waals surface area (Å²) in [5.41, 5.74) is 4.29. The number of hydrogen-bond donors (Lipinski definition) is 2. The van der Waals surface area contributed by atoms with E-state index in [-0.39, 0.29) is 54.1 Å². The third-order valence-corrected chi connectivity index (χ3v) is 9.74. The molecule has 39 heavy (non-hydrogen) atoms. The number of hydrogen-bond acceptors (Lipinski definition) is 7. The van der Waals surface area contributed by atoms with Crippen LogP contribution in [0.3, 0.4) is 0 Å². The van der Waals surface area contributed by atoms with Crippen LogP contribution in [0.4, 0.5) is 10.2 Å². The number of pyridine rings is 1. The summed E-state index contributed by atoms with van der Waals surface area (Å²) in [7, 11) is 0. The highest BCUT2D eigenvalue weighted by Gasteiger charge is 2.65. The molecule has 5 aliphatic rings. The Labute approximate surface area is 231 Å². The van der Waals surface area contributed by atoms with Gasteiger partial charge >= 0.3 is 0 Å². The van der Waals surface area contributed by atoms with Crippen molar-refractivity contribution in [3.8, 4) is 11.8 Å². The second-order valence-corrected chi connectivity index (χ2v) is 13.2. The van der Waals surface area contributed by atoms with E-state index in [0.717, 1.165) is 0 Å². The molecule has 2 aliphatic carbocycles. The number of fused-ring (bicyclic) bond motifs is 6. The summed E-state index contributed by atoms with van der Waals surface area (Å²) in [4.78, 5) is 48.2. The number of carbonyl (C=O) groups is 3. The fraction of sp³-hybridized carbons (Fsp3) is 0.667. The summed E-state index contributed by atoms with van der Waals surface area (Å²) in [6.07, 6.45) is 1.41. The SMILES string of the molecule is CC(C)(C)[C@H](N)C(=O)N1CC2[C@H]3C[C@@H]([C@@H]2[C@H]1C(=O)N1C[C@@]2(C[C@H]1C#N)Oc1cc(Cl)cnc1NC2=O)[C@H](F)C3. The second kappa shape index (κ2) is 8.77. The van der Waals surface area contributed by atoms with Crippen molar-refractivity contribution < 1.29 is 23.5 Å². The smallest absolute Gasteiger partial charge is 0.271 e. The highest BCUT2D eigenvalue weighted by atomic mass is 35.5. The zero-order chi connectivity index (χ0) is 28.0. The molecule has 0 aromatic carbocycles. The molecule has 1 spiro atoms. The van der Waals surface area contributed by atoms with Crippen LogP contribution in [-0.4, -0.2) is 75.5 Å². The molecule has 208 valence electrons. The van der Waals surface area contributed by atoms with E-state index >= 15 is 4.39 Å². The molecule has 10 nitrogen and oxygen atoms in total. The molecule has 4 fully saturated rings. The Kier molecular flexibility index (Phi) is 5.90. The van der Waals surface area contributed by atoms with Crippen LogP contribution >= 0.6 is 11.6 Å². The van der Waals surface area contributed by atoms with Gasteiger partial charge in [0, 0.05) is 25.2 Å². The Balaban J connectivity index is 1.34. The number of aromatic nitrogens is 1. The minimum atomic E-state index is -1.53. The number of halogens is 2. The third-order valence-electron chi connectivity index (χ3n) is 9.53. The standard InChI is InChI=1S/C27H32ClFN6O4/c1-26(2,3)21(31)24(37)34-10-16-12-4-15(17(29)5-12)19(16)20(34)23(36)35-11-27(7-14(35)8-30)25(38)33-22-18(39-27)6-13(28)9-32-22/h6,9,12,14-17,19-21H,4-5,7,10-11,31H2,1-3H3,(H,32,33,38)/t12-,14-,15+,16?,17+,19-,20-,21+,27+/m0/s1. The Hall–Kier alpha value is -2.97. The third kappa shape index (κ3) is 3.90. The zero-order valence-electron chi connectivity index (χ0n) is 22.1. The molecule has 9 atom stereocenters. The summed E-state index contributed by atoms with van der Waals surface area (Å²) in [6, 6.07) is 0.864. The fourth-order valence-electron chi connectivity index (χ4n) is 7.50. The molecule has 12 heteroatoms. The summed E-state index contributed by atoms with van der Waals surface area (Å²) < 4.78 is 21.1. The topological polar surface area (TPSA) is 142 Å². The van der Waals surface area contributed by atoms with Crippen LogP contribution in [-0.2, 0) is 14.4 Å². The van der Waals surface area contributed by atoms with E-state index in [2.05, 4.69) is 16.4 Å². The Morgan fingerprint density at radius 2 is 2.08 bits per heavy atom. The number of anilines is 1. The Morgan fingerprint density at radius 1 is 1.33 bits per heavy atom. The van der Waals surface area contributed by atoms with Gasteiger partial charge in [-0.25, -0.2) is 9.37 Å². The summed E-state index contributed by atoms with van der Waals surface area (Å²) >= 11 is 6.08. The molecule has 1 aromatic heterocycles. The van der Waals surface area contributed by atoms with Gasteiger partial charge < -0.3 is 25.6 Å². The number of nitrogens with one attached hydrogen (secondary N) is 1. The average Bonchev–Trinajstić information content (AvgIpc) is 3.62. The number of alkyl halides is 1. The number of carbonyl (C=O) groups excluding carboxylic acids is 3. The van der Waals surface area contributed by atoms with Gasteiger partial charge in [-0.05, 0) is 41.9 Å². The van der Waals surface area contributed by atoms with E-state index in [0.29, 0.717) is 24.4 Å². The van der Waals surface area contributed by atoms with E-state index in [1.54, 1.807) is 0 Å². The predicted molar refractivity (Wildman–Crippen MR) is 138 cm³/mol. The van der Waals surface area contributed by atoms with Gasteiger partial charge in [0.25, 0.3) is 5.91 Å². The molecule has 3 aliphatic heterocycles. The van der Waals surface area contributed by atoms with Crippen molar-refractivity contribution in [2.45, 2.75) is 69.9 Å². The molecule has 2 saturated heterocycles. The number of amides is 3. The second-order valence-electron chi connectivity index (χ2n) is 12.8. The minimum Gasteiger partial charge on any atom is -0.471 e. The normalized spacial score (nSPS) is 37.3. The number of ether oxygens (including phenoxy) is 1. The first-order valence-corrected chi connectivity index (χ1v) is 13.8. The van der Waals surface area contributed by atoms with Gasteiger partial charge in [-0.2, -0.15) is 5.26 Å². The Morgan fingerprint density at radius 3 is 2.77 bits per heavy atom. The first kappa shape index (κ1) is 26.3. The molecule has 2 saturated carbocycles. The predicted octanol–water partition coefficient (Wildman–Crippen LogP) is 2.12. The van der Waals surface area contributed by atoms with Gasteiger partial charge in [-0.15, -0.1) is 0 Å². The van der Waals surface area contributed by atoms with E-state index < -0.39 is 47.1 Å². The van der Waals surface area contributed by atoms with Crippen LogP contribution in [0, 0.1) is 40.4 Å². The number of nitrogens with zero attached hydrogens (tertiary/aromatic N) is 4. The van der Waals surface area contributed by atoms with Crippen molar-refractivity contribution in [3.05, 3.63) is 17.3 Å². The lowest BCUT2D eigenvalue weighted by Gasteiger charge is -2.38.